The van der Waals surface area contributed by atoms with E-state index in [1.54, 1.807) is 48.5 Å². The van der Waals surface area contributed by atoms with Crippen LogP contribution in [0.4, 0.5) is 0 Å². The normalized spacial score (nSPS) is 11.4. The predicted octanol–water partition coefficient (Wildman–Crippen LogP) is 2.66. The zero-order valence-electron chi connectivity index (χ0n) is 14.8. The summed E-state index contributed by atoms with van der Waals surface area (Å²) in [6, 6.07) is 11.9. The molecule has 0 spiro atoms. The first-order chi connectivity index (χ1) is 12.9. The number of carboxylic acid groups (broad SMARTS) is 2. The maximum absolute atomic E-state index is 12.4. The van der Waals surface area contributed by atoms with Gasteiger partial charge in [-0.05, 0) is 48.2 Å². The molecule has 142 valence electrons. The van der Waals surface area contributed by atoms with E-state index in [1.165, 1.54) is 7.11 Å². The van der Waals surface area contributed by atoms with Gasteiger partial charge in [0.2, 0.25) is 0 Å². The second kappa shape index (κ2) is 9.38. The average Bonchev–Trinajstić information content (AvgIpc) is 2.66. The van der Waals surface area contributed by atoms with Crippen molar-refractivity contribution < 1.29 is 29.3 Å². The van der Waals surface area contributed by atoms with Crippen LogP contribution in [0.15, 0.2) is 48.5 Å². The number of aliphatic carboxylic acids is 2. The highest BCUT2D eigenvalue weighted by Crippen LogP contribution is 2.25. The number of carbonyl (C=O) groups excluding carboxylic acids is 1. The van der Waals surface area contributed by atoms with Crippen molar-refractivity contribution in [3.8, 4) is 5.75 Å². The number of carboxylic acids is 2. The summed E-state index contributed by atoms with van der Waals surface area (Å²) in [6.45, 7) is 0. The number of amides is 1. The van der Waals surface area contributed by atoms with Crippen molar-refractivity contribution in [2.24, 2.45) is 0 Å². The Balaban J connectivity index is 2.30. The summed E-state index contributed by atoms with van der Waals surface area (Å²) in [6.07, 6.45) is 0.656. The molecule has 2 rings (SSSR count). The molecule has 0 aliphatic heterocycles. The molecule has 1 amide bonds. The van der Waals surface area contributed by atoms with Crippen LogP contribution >= 0.6 is 0 Å². The molecular weight excluding hydrogens is 350 g/mol. The Labute approximate surface area is 156 Å². The van der Waals surface area contributed by atoms with Gasteiger partial charge >= 0.3 is 11.9 Å². The maximum atomic E-state index is 12.4. The molecular formula is C20H21NO6. The van der Waals surface area contributed by atoms with Crippen molar-refractivity contribution in [1.29, 1.82) is 0 Å². The van der Waals surface area contributed by atoms with E-state index in [9.17, 15) is 19.5 Å². The zero-order chi connectivity index (χ0) is 19.8. The van der Waals surface area contributed by atoms with E-state index in [-0.39, 0.29) is 6.42 Å². The molecule has 0 aliphatic carbocycles. The van der Waals surface area contributed by atoms with Crippen LogP contribution in [0.2, 0.25) is 0 Å². The molecule has 0 heterocycles. The lowest BCUT2D eigenvalue weighted by Crippen LogP contribution is -2.34. The van der Waals surface area contributed by atoms with E-state index in [0.717, 1.165) is 0 Å². The molecule has 7 nitrogen and oxygen atoms in total. The number of ether oxygens (including phenoxy) is 1. The van der Waals surface area contributed by atoms with E-state index >= 15 is 0 Å². The van der Waals surface area contributed by atoms with Crippen molar-refractivity contribution in [2.45, 2.75) is 25.3 Å². The van der Waals surface area contributed by atoms with E-state index in [0.29, 0.717) is 35.3 Å². The van der Waals surface area contributed by atoms with Gasteiger partial charge in [0.15, 0.2) is 6.04 Å². The van der Waals surface area contributed by atoms with Crippen LogP contribution in [0.25, 0.3) is 0 Å². The third-order valence-electron chi connectivity index (χ3n) is 4.06. The SMILES string of the molecule is COc1ccc(C(NC(=O)c2ccccc2)C(=O)O)c(CCCC(=O)O)c1. The highest BCUT2D eigenvalue weighted by Gasteiger charge is 2.25. The Hall–Kier alpha value is -3.35. The van der Waals surface area contributed by atoms with Crippen molar-refractivity contribution in [3.63, 3.8) is 0 Å². The second-order valence-electron chi connectivity index (χ2n) is 5.92. The van der Waals surface area contributed by atoms with Crippen molar-refractivity contribution >= 4 is 17.8 Å². The Bertz CT molecular complexity index is 818. The van der Waals surface area contributed by atoms with Crippen molar-refractivity contribution in [1.82, 2.24) is 5.32 Å². The first kappa shape index (κ1) is 20.0. The predicted molar refractivity (Wildman–Crippen MR) is 97.9 cm³/mol. The van der Waals surface area contributed by atoms with Crippen molar-refractivity contribution in [2.75, 3.05) is 7.11 Å². The molecule has 2 aromatic rings. The Kier molecular flexibility index (Phi) is 6.93. The summed E-state index contributed by atoms with van der Waals surface area (Å²) in [5, 5.41) is 21.0. The van der Waals surface area contributed by atoms with Gasteiger partial charge in [-0.25, -0.2) is 4.79 Å². The summed E-state index contributed by atoms with van der Waals surface area (Å²) in [5.74, 6) is -2.10. The largest absolute Gasteiger partial charge is 0.497 e. The van der Waals surface area contributed by atoms with Crippen LogP contribution in [0.5, 0.6) is 5.75 Å². The fraction of sp³-hybridized carbons (Fsp3) is 0.250. The van der Waals surface area contributed by atoms with Crippen LogP contribution in [-0.4, -0.2) is 35.2 Å². The number of aryl methyl sites for hydroxylation is 1. The van der Waals surface area contributed by atoms with Gasteiger partial charge in [0.25, 0.3) is 5.91 Å². The molecule has 0 radical (unpaired) electrons. The Morgan fingerprint density at radius 3 is 2.37 bits per heavy atom. The number of nitrogens with one attached hydrogen (secondary N) is 1. The first-order valence-electron chi connectivity index (χ1n) is 8.39. The molecule has 0 aromatic heterocycles. The summed E-state index contributed by atoms with van der Waals surface area (Å²) in [7, 11) is 1.49. The first-order valence-corrected chi connectivity index (χ1v) is 8.39. The molecule has 1 unspecified atom stereocenters. The molecule has 27 heavy (non-hydrogen) atoms. The zero-order valence-corrected chi connectivity index (χ0v) is 14.8. The van der Waals surface area contributed by atoms with Gasteiger partial charge < -0.3 is 20.3 Å². The highest BCUT2D eigenvalue weighted by atomic mass is 16.5. The van der Waals surface area contributed by atoms with Crippen LogP contribution in [-0.2, 0) is 16.0 Å². The summed E-state index contributed by atoms with van der Waals surface area (Å²) in [4.78, 5) is 35.0. The van der Waals surface area contributed by atoms with Crippen LogP contribution < -0.4 is 10.1 Å². The summed E-state index contributed by atoms with van der Waals surface area (Å²) in [5.41, 5.74) is 1.37. The van der Waals surface area contributed by atoms with E-state index in [2.05, 4.69) is 5.32 Å². The van der Waals surface area contributed by atoms with Crippen LogP contribution in [0.3, 0.4) is 0 Å². The summed E-state index contributed by atoms with van der Waals surface area (Å²) < 4.78 is 5.18. The number of benzene rings is 2. The monoisotopic (exact) mass is 371 g/mol. The van der Waals surface area contributed by atoms with Gasteiger partial charge in [0, 0.05) is 12.0 Å². The molecule has 0 saturated carbocycles. The van der Waals surface area contributed by atoms with E-state index in [4.69, 9.17) is 9.84 Å². The molecule has 0 bridgehead atoms. The topological polar surface area (TPSA) is 113 Å². The smallest absolute Gasteiger partial charge is 0.330 e. The van der Waals surface area contributed by atoms with Gasteiger partial charge in [-0.15, -0.1) is 0 Å². The minimum absolute atomic E-state index is 0.0369. The number of hydrogen-bond donors (Lipinski definition) is 3. The van der Waals surface area contributed by atoms with E-state index < -0.39 is 23.9 Å². The molecule has 7 heteroatoms. The third-order valence-corrected chi connectivity index (χ3v) is 4.06. The van der Waals surface area contributed by atoms with Gasteiger partial charge in [0.05, 0.1) is 7.11 Å². The number of methoxy groups -OCH3 is 1. The van der Waals surface area contributed by atoms with Crippen LogP contribution in [0, 0.1) is 0 Å². The lowest BCUT2D eigenvalue weighted by atomic mass is 9.95. The second-order valence-corrected chi connectivity index (χ2v) is 5.92. The lowest BCUT2D eigenvalue weighted by molar-refractivity contribution is -0.139. The number of hydrogen-bond acceptors (Lipinski definition) is 4. The van der Waals surface area contributed by atoms with Crippen molar-refractivity contribution in [3.05, 3.63) is 65.2 Å². The lowest BCUT2D eigenvalue weighted by Gasteiger charge is -2.19. The molecule has 0 aliphatic rings. The highest BCUT2D eigenvalue weighted by molar-refractivity contribution is 5.96. The fourth-order valence-electron chi connectivity index (χ4n) is 2.71. The van der Waals surface area contributed by atoms with Gasteiger partial charge in [-0.2, -0.15) is 0 Å². The quantitative estimate of drug-likeness (QED) is 0.625. The standard InChI is InChI=1S/C20H21NO6/c1-27-15-10-11-16(14(12-15)8-5-9-17(22)23)18(20(25)26)21-19(24)13-6-3-2-4-7-13/h2-4,6-7,10-12,18H,5,8-9H2,1H3,(H,21,24)(H,22,23)(H,25,26). The molecule has 0 fully saturated rings. The molecule has 2 aromatic carbocycles. The molecule has 1 atom stereocenters. The van der Waals surface area contributed by atoms with Gasteiger partial charge in [-0.1, -0.05) is 24.3 Å². The minimum atomic E-state index is -1.26. The van der Waals surface area contributed by atoms with Crippen LogP contribution in [0.1, 0.15) is 40.4 Å². The van der Waals surface area contributed by atoms with Gasteiger partial charge in [-0.3, -0.25) is 9.59 Å². The Morgan fingerprint density at radius 1 is 1.07 bits per heavy atom. The number of carbonyl (C=O) groups is 3. The fourth-order valence-corrected chi connectivity index (χ4v) is 2.71. The third kappa shape index (κ3) is 5.57. The molecule has 0 saturated heterocycles. The number of rotatable bonds is 9. The van der Waals surface area contributed by atoms with Gasteiger partial charge in [0.1, 0.15) is 5.75 Å². The van der Waals surface area contributed by atoms with E-state index in [1.807, 2.05) is 0 Å². The maximum Gasteiger partial charge on any atom is 0.330 e. The molecule has 3 N–H and O–H groups in total. The minimum Gasteiger partial charge on any atom is -0.497 e. The average molecular weight is 371 g/mol. The summed E-state index contributed by atoms with van der Waals surface area (Å²) >= 11 is 0. The Morgan fingerprint density at radius 2 is 1.78 bits per heavy atom.